The summed E-state index contributed by atoms with van der Waals surface area (Å²) < 4.78 is 48.1. The van der Waals surface area contributed by atoms with Crippen LogP contribution in [0.1, 0.15) is 5.56 Å². The van der Waals surface area contributed by atoms with Crippen molar-refractivity contribution in [1.82, 2.24) is 23.2 Å². The Morgan fingerprint density at radius 3 is 1.38 bits per heavy atom. The molecule has 5 nitrogen and oxygen atoms in total. The summed E-state index contributed by atoms with van der Waals surface area (Å²) in [5.74, 6) is 1.08. The SMILES string of the molecule is FC(F)(F)c1cc2c3c(c1)n1c4cc5ccccc5cc4nc1n3c1nc3cc4ccccc4cc3n21. The lowest BCUT2D eigenvalue weighted by Gasteiger charge is -2.08. The van der Waals surface area contributed by atoms with E-state index in [4.69, 9.17) is 9.97 Å². The van der Waals surface area contributed by atoms with Gasteiger partial charge in [-0.2, -0.15) is 13.2 Å². The van der Waals surface area contributed by atoms with E-state index in [1.54, 1.807) is 0 Å². The van der Waals surface area contributed by atoms with Crippen molar-refractivity contribution >= 4 is 71.7 Å². The molecule has 0 N–H and O–H groups in total. The molecule has 4 aromatic heterocycles. The zero-order chi connectivity index (χ0) is 24.6. The Morgan fingerprint density at radius 1 is 0.514 bits per heavy atom. The number of nitrogens with zero attached hydrogens (tertiary/aromatic N) is 5. The Kier molecular flexibility index (Phi) is 3.19. The minimum Gasteiger partial charge on any atom is -0.276 e. The highest BCUT2D eigenvalue weighted by molar-refractivity contribution is 6.07. The van der Waals surface area contributed by atoms with Crippen LogP contribution in [0.25, 0.3) is 71.7 Å². The third-order valence-corrected chi connectivity index (χ3v) is 7.51. The Hall–Kier alpha value is -4.85. The van der Waals surface area contributed by atoms with E-state index in [0.717, 1.165) is 43.6 Å². The smallest absolute Gasteiger partial charge is 0.276 e. The molecule has 0 saturated heterocycles. The molecule has 4 heterocycles. The lowest BCUT2D eigenvalue weighted by Crippen LogP contribution is -2.05. The van der Waals surface area contributed by atoms with Gasteiger partial charge in [0.1, 0.15) is 5.52 Å². The standard InChI is InChI=1S/C29H14F3N5/c30-29(31,32)19-13-24-26-25(14-19)36-23-12-18-8-4-2-6-16(18)10-21(23)34-28(36)37(26)27-33-20-9-15-5-1-3-7-17(15)11-22(20)35(24)27/h1-14H. The third-order valence-electron chi connectivity index (χ3n) is 7.51. The lowest BCUT2D eigenvalue weighted by molar-refractivity contribution is -0.137. The van der Waals surface area contributed by atoms with Gasteiger partial charge in [-0.05, 0) is 57.9 Å². The minimum atomic E-state index is -4.51. The normalized spacial score (nSPS) is 13.3. The molecule has 0 radical (unpaired) electrons. The number of benzene rings is 5. The van der Waals surface area contributed by atoms with Gasteiger partial charge in [0.15, 0.2) is 0 Å². The average Bonchev–Trinajstić information content (AvgIpc) is 3.59. The van der Waals surface area contributed by atoms with Crippen LogP contribution in [0.3, 0.4) is 0 Å². The largest absolute Gasteiger partial charge is 0.416 e. The maximum absolute atomic E-state index is 14.2. The van der Waals surface area contributed by atoms with Gasteiger partial charge < -0.3 is 0 Å². The molecule has 5 aromatic carbocycles. The van der Waals surface area contributed by atoms with Crippen LogP contribution in [0.4, 0.5) is 13.2 Å². The average molecular weight is 489 g/mol. The molecule has 0 saturated carbocycles. The summed E-state index contributed by atoms with van der Waals surface area (Å²) in [7, 11) is 0. The molecule has 37 heavy (non-hydrogen) atoms. The Bertz CT molecular complexity index is 2250. The van der Waals surface area contributed by atoms with Crippen LogP contribution in [-0.2, 0) is 6.18 Å². The number of imidazole rings is 4. The highest BCUT2D eigenvalue weighted by Gasteiger charge is 2.34. The fraction of sp³-hybridized carbons (Fsp3) is 0.0345. The molecule has 0 unspecified atom stereocenters. The highest BCUT2D eigenvalue weighted by atomic mass is 19.4. The first-order valence-corrected chi connectivity index (χ1v) is 11.8. The molecule has 0 aliphatic heterocycles. The highest BCUT2D eigenvalue weighted by Crippen LogP contribution is 2.40. The van der Waals surface area contributed by atoms with Crippen LogP contribution >= 0.6 is 0 Å². The predicted molar refractivity (Wildman–Crippen MR) is 139 cm³/mol. The van der Waals surface area contributed by atoms with Gasteiger partial charge in [0, 0.05) is 0 Å². The van der Waals surface area contributed by atoms with Crippen LogP contribution in [0, 0.1) is 0 Å². The monoisotopic (exact) mass is 489 g/mol. The van der Waals surface area contributed by atoms with Gasteiger partial charge in [-0.25, -0.2) is 14.4 Å². The first-order chi connectivity index (χ1) is 18.0. The van der Waals surface area contributed by atoms with E-state index in [-0.39, 0.29) is 0 Å². The predicted octanol–water partition coefficient (Wildman–Crippen LogP) is 7.46. The quantitative estimate of drug-likeness (QED) is 0.222. The Morgan fingerprint density at radius 2 is 0.946 bits per heavy atom. The molecule has 0 spiro atoms. The second kappa shape index (κ2) is 6.10. The zero-order valence-electron chi connectivity index (χ0n) is 19.0. The first kappa shape index (κ1) is 19.4. The topological polar surface area (TPSA) is 39.0 Å². The van der Waals surface area contributed by atoms with Gasteiger partial charge in [0.25, 0.3) is 0 Å². The van der Waals surface area contributed by atoms with Crippen LogP contribution in [0.15, 0.2) is 84.9 Å². The molecule has 8 heteroatoms. The second-order valence-electron chi connectivity index (χ2n) is 9.57. The van der Waals surface area contributed by atoms with Gasteiger partial charge in [0.05, 0.1) is 38.7 Å². The summed E-state index contributed by atoms with van der Waals surface area (Å²) in [5.41, 5.74) is 3.85. The lowest BCUT2D eigenvalue weighted by atomic mass is 10.1. The number of hydrogen-bond donors (Lipinski definition) is 0. The number of hydrogen-bond acceptors (Lipinski definition) is 2. The van der Waals surface area contributed by atoms with Crippen molar-refractivity contribution < 1.29 is 13.2 Å². The summed E-state index contributed by atoms with van der Waals surface area (Å²) in [6.45, 7) is 0. The molecule has 9 aromatic rings. The Labute approximate surface area is 204 Å². The van der Waals surface area contributed by atoms with Crippen molar-refractivity contribution in [1.29, 1.82) is 0 Å². The van der Waals surface area contributed by atoms with Gasteiger partial charge in [-0.3, -0.25) is 8.80 Å². The van der Waals surface area contributed by atoms with E-state index in [0.29, 0.717) is 28.1 Å². The molecular weight excluding hydrogens is 475 g/mol. The summed E-state index contributed by atoms with van der Waals surface area (Å²) >= 11 is 0. The minimum absolute atomic E-state index is 0.456. The van der Waals surface area contributed by atoms with Crippen molar-refractivity contribution in [2.75, 3.05) is 0 Å². The van der Waals surface area contributed by atoms with E-state index in [9.17, 15) is 13.2 Å². The molecule has 9 rings (SSSR count). The fourth-order valence-electron chi connectivity index (χ4n) is 5.90. The summed E-state index contributed by atoms with van der Waals surface area (Å²) in [6, 6.07) is 26.2. The molecule has 0 aliphatic carbocycles. The summed E-state index contributed by atoms with van der Waals surface area (Å²) in [5, 5.41) is 4.05. The molecular formula is C29H14F3N5. The van der Waals surface area contributed by atoms with Crippen molar-refractivity contribution in [3.8, 4) is 0 Å². The van der Waals surface area contributed by atoms with Crippen molar-refractivity contribution in [2.45, 2.75) is 6.18 Å². The molecule has 0 bridgehead atoms. The number of fused-ring (bicyclic) bond motifs is 12. The molecule has 0 aliphatic rings. The molecule has 0 atom stereocenters. The number of rotatable bonds is 0. The number of aromatic nitrogens is 5. The van der Waals surface area contributed by atoms with Crippen LogP contribution in [0.5, 0.6) is 0 Å². The van der Waals surface area contributed by atoms with Crippen LogP contribution in [-0.4, -0.2) is 23.2 Å². The van der Waals surface area contributed by atoms with Gasteiger partial charge in [-0.1, -0.05) is 48.5 Å². The van der Waals surface area contributed by atoms with E-state index in [1.807, 2.05) is 86.0 Å². The van der Waals surface area contributed by atoms with Gasteiger partial charge in [-0.15, -0.1) is 0 Å². The zero-order valence-corrected chi connectivity index (χ0v) is 19.0. The molecule has 0 amide bonds. The first-order valence-electron chi connectivity index (χ1n) is 11.8. The van der Waals surface area contributed by atoms with Gasteiger partial charge in [0.2, 0.25) is 11.6 Å². The second-order valence-corrected chi connectivity index (χ2v) is 9.57. The maximum Gasteiger partial charge on any atom is 0.416 e. The molecule has 0 fully saturated rings. The van der Waals surface area contributed by atoms with Crippen molar-refractivity contribution in [3.05, 3.63) is 90.5 Å². The number of alkyl halides is 3. The summed E-state index contributed by atoms with van der Waals surface area (Å²) in [6.07, 6.45) is -4.51. The maximum atomic E-state index is 14.2. The third kappa shape index (κ3) is 2.31. The van der Waals surface area contributed by atoms with E-state index < -0.39 is 11.7 Å². The molecule has 176 valence electrons. The fourth-order valence-corrected chi connectivity index (χ4v) is 5.90. The van der Waals surface area contributed by atoms with Crippen LogP contribution in [0.2, 0.25) is 0 Å². The summed E-state index contributed by atoms with van der Waals surface area (Å²) in [4.78, 5) is 9.83. The van der Waals surface area contributed by atoms with E-state index in [1.165, 1.54) is 12.1 Å². The van der Waals surface area contributed by atoms with Crippen LogP contribution < -0.4 is 0 Å². The van der Waals surface area contributed by atoms with E-state index >= 15 is 0 Å². The Balaban J connectivity index is 1.56. The van der Waals surface area contributed by atoms with Crippen molar-refractivity contribution in [2.24, 2.45) is 0 Å². The van der Waals surface area contributed by atoms with E-state index in [2.05, 4.69) is 0 Å². The number of halogens is 3. The van der Waals surface area contributed by atoms with Gasteiger partial charge >= 0.3 is 6.18 Å². The van der Waals surface area contributed by atoms with Crippen molar-refractivity contribution in [3.63, 3.8) is 0 Å².